The molecule has 29 heavy (non-hydrogen) atoms. The number of amides is 1. The molecule has 2 aliphatic heterocycles. The van der Waals surface area contributed by atoms with Gasteiger partial charge in [0.1, 0.15) is 0 Å². The van der Waals surface area contributed by atoms with Crippen LogP contribution < -0.4 is 4.90 Å². The summed E-state index contributed by atoms with van der Waals surface area (Å²) in [5.41, 5.74) is 1.35. The van der Waals surface area contributed by atoms with E-state index in [4.69, 9.17) is 11.6 Å². The lowest BCUT2D eigenvalue weighted by molar-refractivity contribution is 0.0792. The summed E-state index contributed by atoms with van der Waals surface area (Å²) in [6, 6.07) is 14.4. The van der Waals surface area contributed by atoms with Gasteiger partial charge in [0.05, 0.1) is 15.5 Å². The van der Waals surface area contributed by atoms with Crippen LogP contribution in [0.2, 0.25) is 5.02 Å². The second-order valence-corrected chi connectivity index (χ2v) is 9.71. The fourth-order valence-corrected chi connectivity index (χ4v) is 5.54. The van der Waals surface area contributed by atoms with Crippen LogP contribution in [0.5, 0.6) is 0 Å². The second-order valence-electron chi connectivity index (χ2n) is 7.37. The van der Waals surface area contributed by atoms with Crippen molar-refractivity contribution in [3.8, 4) is 0 Å². The quantitative estimate of drug-likeness (QED) is 0.743. The topological polar surface area (TPSA) is 60.9 Å². The van der Waals surface area contributed by atoms with Crippen LogP contribution in [0, 0.1) is 0 Å². The molecule has 0 N–H and O–H groups in total. The Hall–Kier alpha value is -2.09. The van der Waals surface area contributed by atoms with E-state index in [1.807, 2.05) is 30.3 Å². The van der Waals surface area contributed by atoms with E-state index in [1.165, 1.54) is 22.5 Å². The summed E-state index contributed by atoms with van der Waals surface area (Å²) in [6.45, 7) is 3.42. The highest BCUT2D eigenvalue weighted by Crippen LogP contribution is 2.26. The fourth-order valence-electron chi connectivity index (χ4n) is 3.89. The minimum absolute atomic E-state index is 0.123. The van der Waals surface area contributed by atoms with Gasteiger partial charge < -0.3 is 9.80 Å². The van der Waals surface area contributed by atoms with E-state index < -0.39 is 10.0 Å². The molecular formula is C21H24ClN3O3S. The summed E-state index contributed by atoms with van der Waals surface area (Å²) in [4.78, 5) is 16.8. The molecule has 2 aromatic rings. The van der Waals surface area contributed by atoms with Crippen LogP contribution in [0.1, 0.15) is 23.2 Å². The van der Waals surface area contributed by atoms with Crippen LogP contribution in [0.3, 0.4) is 0 Å². The zero-order valence-corrected chi connectivity index (χ0v) is 17.7. The average molecular weight is 434 g/mol. The van der Waals surface area contributed by atoms with Gasteiger partial charge in [-0.2, -0.15) is 4.31 Å². The van der Waals surface area contributed by atoms with E-state index in [9.17, 15) is 13.2 Å². The van der Waals surface area contributed by atoms with Crippen molar-refractivity contribution < 1.29 is 13.2 Å². The number of anilines is 1. The summed E-state index contributed by atoms with van der Waals surface area (Å²) in [5, 5.41) is 0.287. The van der Waals surface area contributed by atoms with E-state index >= 15 is 0 Å². The number of piperazine rings is 1. The predicted octanol–water partition coefficient (Wildman–Crippen LogP) is 3.09. The predicted molar refractivity (Wildman–Crippen MR) is 114 cm³/mol. The number of halogens is 1. The number of rotatable bonds is 4. The van der Waals surface area contributed by atoms with E-state index in [-0.39, 0.29) is 21.4 Å². The Balaban J connectivity index is 1.52. The maximum absolute atomic E-state index is 13.2. The molecular weight excluding hydrogens is 410 g/mol. The van der Waals surface area contributed by atoms with Crippen LogP contribution >= 0.6 is 11.6 Å². The van der Waals surface area contributed by atoms with Gasteiger partial charge in [0.15, 0.2) is 0 Å². The largest absolute Gasteiger partial charge is 0.369 e. The molecule has 2 saturated heterocycles. The van der Waals surface area contributed by atoms with Gasteiger partial charge in [-0.15, -0.1) is 0 Å². The van der Waals surface area contributed by atoms with Crippen molar-refractivity contribution in [2.45, 2.75) is 17.7 Å². The molecule has 4 rings (SSSR count). The number of carbonyl (C=O) groups is 1. The van der Waals surface area contributed by atoms with Crippen LogP contribution in [-0.4, -0.2) is 62.8 Å². The number of hydrogen-bond donors (Lipinski definition) is 0. The zero-order chi connectivity index (χ0) is 20.4. The molecule has 0 spiro atoms. The maximum atomic E-state index is 13.2. The molecule has 1 amide bonds. The molecule has 2 aromatic carbocycles. The molecule has 0 saturated carbocycles. The summed E-state index contributed by atoms with van der Waals surface area (Å²) in [7, 11) is -3.69. The third kappa shape index (κ3) is 4.13. The van der Waals surface area contributed by atoms with Crippen molar-refractivity contribution in [3.05, 3.63) is 59.1 Å². The molecule has 2 fully saturated rings. The number of sulfonamides is 1. The maximum Gasteiger partial charge on any atom is 0.255 e. The van der Waals surface area contributed by atoms with Gasteiger partial charge in [-0.3, -0.25) is 4.79 Å². The number of hydrogen-bond acceptors (Lipinski definition) is 4. The molecule has 0 aliphatic carbocycles. The van der Waals surface area contributed by atoms with Gasteiger partial charge >= 0.3 is 0 Å². The van der Waals surface area contributed by atoms with Crippen molar-refractivity contribution >= 4 is 33.2 Å². The van der Waals surface area contributed by atoms with Gasteiger partial charge in [-0.1, -0.05) is 29.8 Å². The van der Waals surface area contributed by atoms with Crippen molar-refractivity contribution in [1.82, 2.24) is 9.21 Å². The zero-order valence-electron chi connectivity index (χ0n) is 16.1. The first-order valence-corrected chi connectivity index (χ1v) is 11.7. The van der Waals surface area contributed by atoms with Gasteiger partial charge in [0, 0.05) is 45.0 Å². The first-order valence-electron chi connectivity index (χ1n) is 9.86. The highest BCUT2D eigenvalue weighted by Gasteiger charge is 2.30. The van der Waals surface area contributed by atoms with Crippen molar-refractivity contribution in [3.63, 3.8) is 0 Å². The van der Waals surface area contributed by atoms with E-state index in [0.29, 0.717) is 39.3 Å². The number of benzene rings is 2. The molecule has 0 unspecified atom stereocenters. The Kier molecular flexibility index (Phi) is 5.81. The van der Waals surface area contributed by atoms with Crippen LogP contribution in [0.15, 0.2) is 53.4 Å². The molecule has 0 aromatic heterocycles. The first-order chi connectivity index (χ1) is 14.0. The van der Waals surface area contributed by atoms with Crippen molar-refractivity contribution in [2.75, 3.05) is 44.2 Å². The Bertz CT molecular complexity index is 983. The highest BCUT2D eigenvalue weighted by molar-refractivity contribution is 7.89. The molecule has 2 aliphatic rings. The Labute approximate surface area is 176 Å². The SMILES string of the molecule is O=C(c1cc(S(=O)(=O)N2CCN(c3ccccc3)CC2)ccc1Cl)N1CCCC1. The Morgan fingerprint density at radius 1 is 0.862 bits per heavy atom. The standard InChI is InChI=1S/C21H24ClN3O3S/c22-20-9-8-18(16-19(20)21(26)24-10-4-5-11-24)29(27,28)25-14-12-23(13-15-25)17-6-2-1-3-7-17/h1-3,6-9,16H,4-5,10-15H2. The number of nitrogens with zero attached hydrogens (tertiary/aromatic N) is 3. The van der Waals surface area contributed by atoms with Gasteiger partial charge in [-0.25, -0.2) is 8.42 Å². The lowest BCUT2D eigenvalue weighted by Crippen LogP contribution is -2.48. The minimum Gasteiger partial charge on any atom is -0.369 e. The first kappa shape index (κ1) is 20.2. The fraction of sp³-hybridized carbons (Fsp3) is 0.381. The number of carbonyl (C=O) groups excluding carboxylic acids is 1. The molecule has 154 valence electrons. The molecule has 8 heteroatoms. The highest BCUT2D eigenvalue weighted by atomic mass is 35.5. The van der Waals surface area contributed by atoms with E-state index in [0.717, 1.165) is 18.5 Å². The Morgan fingerprint density at radius 2 is 1.52 bits per heavy atom. The summed E-state index contributed by atoms with van der Waals surface area (Å²) >= 11 is 6.23. The Morgan fingerprint density at radius 3 is 2.17 bits per heavy atom. The van der Waals surface area contributed by atoms with Crippen LogP contribution in [-0.2, 0) is 10.0 Å². The number of para-hydroxylation sites is 1. The number of likely N-dealkylation sites (tertiary alicyclic amines) is 1. The summed E-state index contributed by atoms with van der Waals surface area (Å²) in [5.74, 6) is -0.196. The monoisotopic (exact) mass is 433 g/mol. The average Bonchev–Trinajstić information content (AvgIpc) is 3.29. The lowest BCUT2D eigenvalue weighted by Gasteiger charge is -2.35. The van der Waals surface area contributed by atoms with Gasteiger partial charge in [0.25, 0.3) is 5.91 Å². The second kappa shape index (κ2) is 8.34. The third-order valence-electron chi connectivity index (χ3n) is 5.56. The molecule has 2 heterocycles. The molecule has 0 bridgehead atoms. The summed E-state index contributed by atoms with van der Waals surface area (Å²) in [6.07, 6.45) is 1.93. The summed E-state index contributed by atoms with van der Waals surface area (Å²) < 4.78 is 27.8. The van der Waals surface area contributed by atoms with Crippen molar-refractivity contribution in [2.24, 2.45) is 0 Å². The normalized spacial score (nSPS) is 18.2. The van der Waals surface area contributed by atoms with Crippen LogP contribution in [0.4, 0.5) is 5.69 Å². The van der Waals surface area contributed by atoms with E-state index in [1.54, 1.807) is 4.90 Å². The van der Waals surface area contributed by atoms with Crippen molar-refractivity contribution in [1.29, 1.82) is 0 Å². The molecule has 0 atom stereocenters. The minimum atomic E-state index is -3.69. The molecule has 6 nitrogen and oxygen atoms in total. The molecule has 0 radical (unpaired) electrons. The van der Waals surface area contributed by atoms with Crippen LogP contribution in [0.25, 0.3) is 0 Å². The van der Waals surface area contributed by atoms with E-state index in [2.05, 4.69) is 4.90 Å². The third-order valence-corrected chi connectivity index (χ3v) is 7.78. The smallest absolute Gasteiger partial charge is 0.255 e. The lowest BCUT2D eigenvalue weighted by atomic mass is 10.2. The van der Waals surface area contributed by atoms with Gasteiger partial charge in [-0.05, 0) is 43.2 Å². The van der Waals surface area contributed by atoms with Gasteiger partial charge in [0.2, 0.25) is 10.0 Å².